The van der Waals surface area contributed by atoms with Gasteiger partial charge < -0.3 is 29.4 Å². The monoisotopic (exact) mass is 699 g/mol. The number of ether oxygens (including phenoxy) is 2. The van der Waals surface area contributed by atoms with E-state index in [2.05, 4.69) is 20.4 Å². The van der Waals surface area contributed by atoms with Gasteiger partial charge in [0.15, 0.2) is 11.5 Å². The highest BCUT2D eigenvalue weighted by atomic mass is 35.5. The average Bonchev–Trinajstić information content (AvgIpc) is 3.67. The third-order valence-electron chi connectivity index (χ3n) is 9.08. The molecule has 2 amide bonds. The maximum Gasteiger partial charge on any atom is 0.416 e. The first-order chi connectivity index (χ1) is 23.4. The van der Waals surface area contributed by atoms with Crippen LogP contribution in [-0.2, 0) is 39.2 Å². The van der Waals surface area contributed by atoms with Gasteiger partial charge in [0.25, 0.3) is 11.5 Å². The SMILES string of the molecule is C[C@H]1C[C@]2(CCN1C(=O)c1ncccc1O)OCc1c2c(=O)n2nc(C3=CCOCC3)nc2n1CC(=O)Nc1ccc(C(F)(F)F)cc1Cl. The molecule has 0 aliphatic carbocycles. The molecule has 1 aromatic carbocycles. The molecule has 3 aromatic heterocycles. The summed E-state index contributed by atoms with van der Waals surface area (Å²) in [5.74, 6) is -0.982. The molecule has 0 saturated carbocycles. The number of nitrogens with one attached hydrogen (secondary N) is 1. The summed E-state index contributed by atoms with van der Waals surface area (Å²) in [5, 5.41) is 17.0. The van der Waals surface area contributed by atoms with E-state index in [1.165, 1.54) is 22.9 Å². The number of rotatable bonds is 5. The molecular formula is C32H29ClF3N7O6. The smallest absolute Gasteiger partial charge is 0.416 e. The fraction of sp³-hybridized carbons (Fsp3) is 0.375. The van der Waals surface area contributed by atoms with Crippen molar-refractivity contribution in [2.75, 3.05) is 25.1 Å². The Morgan fingerprint density at radius 2 is 2.06 bits per heavy atom. The normalized spacial score (nSPS) is 20.8. The second-order valence-corrected chi connectivity index (χ2v) is 12.5. The molecule has 4 aromatic rings. The van der Waals surface area contributed by atoms with E-state index < -0.39 is 47.3 Å². The number of anilines is 1. The minimum atomic E-state index is -4.61. The van der Waals surface area contributed by atoms with Gasteiger partial charge in [0.2, 0.25) is 11.7 Å². The van der Waals surface area contributed by atoms with Crippen molar-refractivity contribution >= 4 is 40.5 Å². The van der Waals surface area contributed by atoms with Crippen molar-refractivity contribution in [3.63, 3.8) is 0 Å². The number of aromatic hydroxyl groups is 1. The topological polar surface area (TPSA) is 153 Å². The van der Waals surface area contributed by atoms with Crippen molar-refractivity contribution in [2.24, 2.45) is 0 Å². The summed E-state index contributed by atoms with van der Waals surface area (Å²) in [4.78, 5) is 51.3. The Morgan fingerprint density at radius 1 is 1.24 bits per heavy atom. The molecule has 0 radical (unpaired) electrons. The molecule has 2 atom stereocenters. The zero-order chi connectivity index (χ0) is 34.7. The number of amides is 2. The number of hydrogen-bond donors (Lipinski definition) is 2. The Labute approximate surface area is 280 Å². The lowest BCUT2D eigenvalue weighted by Crippen LogP contribution is -2.51. The van der Waals surface area contributed by atoms with E-state index in [9.17, 15) is 32.7 Å². The third-order valence-corrected chi connectivity index (χ3v) is 9.39. The molecule has 6 heterocycles. The number of fused-ring (bicyclic) bond motifs is 3. The first-order valence-electron chi connectivity index (χ1n) is 15.4. The highest BCUT2D eigenvalue weighted by molar-refractivity contribution is 6.33. The minimum absolute atomic E-state index is 0.0274. The molecule has 256 valence electrons. The molecule has 13 nitrogen and oxygen atoms in total. The Morgan fingerprint density at radius 3 is 2.76 bits per heavy atom. The number of likely N-dealkylation sites (tertiary alicyclic amines) is 1. The molecule has 0 unspecified atom stereocenters. The van der Waals surface area contributed by atoms with Gasteiger partial charge in [0, 0.05) is 25.2 Å². The lowest BCUT2D eigenvalue weighted by Gasteiger charge is -2.43. The first kappa shape index (κ1) is 32.7. The van der Waals surface area contributed by atoms with E-state index in [4.69, 9.17) is 21.1 Å². The number of halogens is 4. The maximum absolute atomic E-state index is 14.3. The van der Waals surface area contributed by atoms with Crippen molar-refractivity contribution in [1.29, 1.82) is 0 Å². The number of carbonyl (C=O) groups is 2. The van der Waals surface area contributed by atoms with Gasteiger partial charge >= 0.3 is 6.18 Å². The number of carbonyl (C=O) groups excluding carboxylic acids is 2. The molecule has 1 fully saturated rings. The molecule has 2 N–H and O–H groups in total. The largest absolute Gasteiger partial charge is 0.505 e. The van der Waals surface area contributed by atoms with Crippen LogP contribution in [0.3, 0.4) is 0 Å². The number of alkyl halides is 3. The predicted octanol–water partition coefficient (Wildman–Crippen LogP) is 4.16. The summed E-state index contributed by atoms with van der Waals surface area (Å²) in [6, 6.07) is 5.06. The number of aromatic nitrogens is 5. The second kappa shape index (κ2) is 12.3. The predicted molar refractivity (Wildman–Crippen MR) is 168 cm³/mol. The third kappa shape index (κ3) is 5.82. The van der Waals surface area contributed by atoms with E-state index in [1.54, 1.807) is 4.90 Å². The van der Waals surface area contributed by atoms with Gasteiger partial charge in [0.05, 0.1) is 47.4 Å². The minimum Gasteiger partial charge on any atom is -0.505 e. The quantitative estimate of drug-likeness (QED) is 0.313. The number of hydrogen-bond acceptors (Lipinski definition) is 9. The average molecular weight is 700 g/mol. The molecule has 1 spiro atoms. The van der Waals surface area contributed by atoms with E-state index in [0.717, 1.165) is 28.3 Å². The summed E-state index contributed by atoms with van der Waals surface area (Å²) in [5.41, 5.74) is -1.26. The Hall–Kier alpha value is -4.80. The molecule has 7 rings (SSSR count). The molecule has 49 heavy (non-hydrogen) atoms. The Kier molecular flexibility index (Phi) is 8.19. The van der Waals surface area contributed by atoms with Gasteiger partial charge in [0.1, 0.15) is 17.9 Å². The summed E-state index contributed by atoms with van der Waals surface area (Å²) < 4.78 is 54.0. The van der Waals surface area contributed by atoms with Crippen molar-refractivity contribution in [3.8, 4) is 5.75 Å². The van der Waals surface area contributed by atoms with E-state index in [-0.39, 0.29) is 59.5 Å². The van der Waals surface area contributed by atoms with Crippen LogP contribution in [0.1, 0.15) is 59.3 Å². The van der Waals surface area contributed by atoms with Crippen LogP contribution in [0.5, 0.6) is 5.75 Å². The van der Waals surface area contributed by atoms with E-state index >= 15 is 0 Å². The van der Waals surface area contributed by atoms with Crippen LogP contribution in [0.4, 0.5) is 18.9 Å². The number of nitrogens with zero attached hydrogens (tertiary/aromatic N) is 6. The molecular weight excluding hydrogens is 671 g/mol. The van der Waals surface area contributed by atoms with Crippen molar-refractivity contribution in [1.82, 2.24) is 29.0 Å². The zero-order valence-electron chi connectivity index (χ0n) is 26.0. The van der Waals surface area contributed by atoms with Crippen LogP contribution in [-0.4, -0.2) is 71.8 Å². The summed E-state index contributed by atoms with van der Waals surface area (Å²) in [6.45, 7) is 2.32. The zero-order valence-corrected chi connectivity index (χ0v) is 26.7. The van der Waals surface area contributed by atoms with Crippen LogP contribution >= 0.6 is 11.6 Å². The number of piperidine rings is 1. The summed E-state index contributed by atoms with van der Waals surface area (Å²) >= 11 is 6.10. The van der Waals surface area contributed by atoms with E-state index in [1.807, 2.05) is 13.0 Å². The Bertz CT molecular complexity index is 2100. The number of benzene rings is 1. The lowest BCUT2D eigenvalue weighted by atomic mass is 9.82. The lowest BCUT2D eigenvalue weighted by molar-refractivity contribution is -0.137. The van der Waals surface area contributed by atoms with Gasteiger partial charge in [-0.15, -0.1) is 5.10 Å². The second-order valence-electron chi connectivity index (χ2n) is 12.1. The highest BCUT2D eigenvalue weighted by Gasteiger charge is 2.50. The van der Waals surface area contributed by atoms with E-state index in [0.29, 0.717) is 31.2 Å². The van der Waals surface area contributed by atoms with Crippen LogP contribution in [0.2, 0.25) is 5.02 Å². The first-order valence-corrected chi connectivity index (χ1v) is 15.8. The van der Waals surface area contributed by atoms with Gasteiger partial charge in [-0.2, -0.15) is 22.7 Å². The Balaban J connectivity index is 1.26. The molecule has 1 saturated heterocycles. The summed E-state index contributed by atoms with van der Waals surface area (Å²) in [6.07, 6.45) is -0.427. The highest BCUT2D eigenvalue weighted by Crippen LogP contribution is 2.45. The standard InChI is InChI=1S/C32H29ClF3N7O6/c1-17-14-31(8-10-41(17)29(47)26-23(44)3-2-9-37-26)25-22(16-49-31)42(15-24(45)38-21-5-4-19(13-20(21)33)32(34,35)36)30-39-27(40-43(30)28(25)46)18-6-11-48-12-7-18/h2-6,9,13,17,44H,7-8,10-12,14-16H2,1H3,(H,38,45)/t17-,31-/m0/s1. The van der Waals surface area contributed by atoms with Crippen molar-refractivity contribution in [3.05, 3.63) is 86.3 Å². The fourth-order valence-electron chi connectivity index (χ4n) is 6.71. The fourth-order valence-corrected chi connectivity index (χ4v) is 6.94. The van der Waals surface area contributed by atoms with Crippen LogP contribution in [0.15, 0.2) is 47.4 Å². The molecule has 3 aliphatic heterocycles. The van der Waals surface area contributed by atoms with Crippen molar-refractivity contribution < 1.29 is 37.3 Å². The maximum atomic E-state index is 14.3. The molecule has 0 bridgehead atoms. The van der Waals surface area contributed by atoms with Gasteiger partial charge in [-0.3, -0.25) is 14.4 Å². The van der Waals surface area contributed by atoms with Crippen LogP contribution < -0.4 is 10.9 Å². The van der Waals surface area contributed by atoms with Gasteiger partial charge in [-0.25, -0.2) is 4.98 Å². The van der Waals surface area contributed by atoms with Crippen molar-refractivity contribution in [2.45, 2.75) is 57.2 Å². The number of pyridine rings is 1. The van der Waals surface area contributed by atoms with Gasteiger partial charge in [-0.1, -0.05) is 17.7 Å². The van der Waals surface area contributed by atoms with Crippen LogP contribution in [0.25, 0.3) is 11.4 Å². The summed E-state index contributed by atoms with van der Waals surface area (Å²) in [7, 11) is 0. The van der Waals surface area contributed by atoms with Gasteiger partial charge in [-0.05, 0) is 55.7 Å². The molecule has 17 heteroatoms. The molecule has 3 aliphatic rings. The van der Waals surface area contributed by atoms with Crippen LogP contribution in [0, 0.1) is 0 Å².